The number of carbonyl (C=O) groups excluding carboxylic acids is 1. The molecule has 1 heterocycles. The van der Waals surface area contributed by atoms with Crippen LogP contribution in [0, 0.1) is 0 Å². The summed E-state index contributed by atoms with van der Waals surface area (Å²) in [4.78, 5) is 11.3. The number of nitrogens with zero attached hydrogens (tertiary/aromatic N) is 1. The Bertz CT molecular complexity index is 155. The van der Waals surface area contributed by atoms with Crippen LogP contribution in [-0.4, -0.2) is 31.6 Å². The van der Waals surface area contributed by atoms with E-state index in [1.54, 1.807) is 0 Å². The topological polar surface area (TPSA) is 69.2 Å². The van der Waals surface area contributed by atoms with Crippen molar-refractivity contribution in [3.63, 3.8) is 0 Å². The van der Waals surface area contributed by atoms with Crippen molar-refractivity contribution in [3.8, 4) is 0 Å². The van der Waals surface area contributed by atoms with E-state index in [4.69, 9.17) is 5.73 Å². The molecule has 1 rings (SSSR count). The van der Waals surface area contributed by atoms with Crippen molar-refractivity contribution in [1.29, 1.82) is 0 Å². The van der Waals surface area contributed by atoms with Crippen molar-refractivity contribution >= 4 is 5.91 Å². The van der Waals surface area contributed by atoms with E-state index in [1.165, 1.54) is 0 Å². The zero-order valence-corrected chi connectivity index (χ0v) is 7.96. The number of hydrogen-bond acceptors (Lipinski definition) is 2. The maximum absolute atomic E-state index is 11.3. The fourth-order valence-corrected chi connectivity index (χ4v) is 1.43. The van der Waals surface area contributed by atoms with Gasteiger partial charge in [-0.1, -0.05) is 0 Å². The molecule has 1 radical (unpaired) electrons. The van der Waals surface area contributed by atoms with Crippen molar-refractivity contribution in [1.82, 2.24) is 10.6 Å². The molecule has 0 aromatic rings. The number of nitrogens with one attached hydrogen (secondary N) is 1. The molecule has 0 bridgehead atoms. The van der Waals surface area contributed by atoms with Crippen LogP contribution in [0.1, 0.15) is 25.7 Å². The van der Waals surface area contributed by atoms with Crippen LogP contribution in [0.3, 0.4) is 0 Å². The molecule has 0 aliphatic carbocycles. The smallest absolute Gasteiger partial charge is 0.220 e. The third-order valence-electron chi connectivity index (χ3n) is 2.21. The van der Waals surface area contributed by atoms with Gasteiger partial charge in [0.25, 0.3) is 0 Å². The van der Waals surface area contributed by atoms with Gasteiger partial charge in [0.1, 0.15) is 0 Å². The summed E-state index contributed by atoms with van der Waals surface area (Å²) >= 11 is 0. The van der Waals surface area contributed by atoms with Crippen LogP contribution in [0.15, 0.2) is 0 Å². The summed E-state index contributed by atoms with van der Waals surface area (Å²) in [6.07, 6.45) is 3.44. The van der Waals surface area contributed by atoms with E-state index >= 15 is 0 Å². The lowest BCUT2D eigenvalue weighted by Gasteiger charge is -2.10. The Morgan fingerprint density at radius 3 is 3.00 bits per heavy atom. The second-order valence-corrected chi connectivity index (χ2v) is 3.43. The van der Waals surface area contributed by atoms with Crippen molar-refractivity contribution in [2.45, 2.75) is 31.7 Å². The van der Waals surface area contributed by atoms with E-state index in [0.717, 1.165) is 32.4 Å². The number of nitrogens with two attached hydrogens (primary N) is 1. The average Bonchev–Trinajstić information content (AvgIpc) is 2.57. The molecular weight excluding hydrogens is 166 g/mol. The Morgan fingerprint density at radius 2 is 2.38 bits per heavy atom. The van der Waals surface area contributed by atoms with E-state index in [-0.39, 0.29) is 5.91 Å². The molecule has 1 aliphatic heterocycles. The summed E-state index contributed by atoms with van der Waals surface area (Å²) in [6.45, 7) is 2.36. The van der Waals surface area contributed by atoms with Gasteiger partial charge in [-0.05, 0) is 25.8 Å². The van der Waals surface area contributed by atoms with Gasteiger partial charge in [-0.15, -0.1) is 0 Å². The normalized spacial score (nSPS) is 21.8. The van der Waals surface area contributed by atoms with Crippen LogP contribution in [0.5, 0.6) is 0 Å². The van der Waals surface area contributed by atoms with Gasteiger partial charge in [0.15, 0.2) is 0 Å². The molecule has 1 saturated heterocycles. The monoisotopic (exact) mass is 184 g/mol. The van der Waals surface area contributed by atoms with Crippen LogP contribution < -0.4 is 16.4 Å². The molecular formula is C9H18N3O. The van der Waals surface area contributed by atoms with E-state index in [0.29, 0.717) is 19.0 Å². The second kappa shape index (κ2) is 5.94. The summed E-state index contributed by atoms with van der Waals surface area (Å²) in [5, 5.41) is 7.14. The SMILES string of the molecule is NCCCCC(=O)N[C@H]1CC[N]C1. The summed E-state index contributed by atoms with van der Waals surface area (Å²) < 4.78 is 0. The minimum atomic E-state index is 0.149. The van der Waals surface area contributed by atoms with Crippen LogP contribution >= 0.6 is 0 Å². The number of carbonyl (C=O) groups is 1. The summed E-state index contributed by atoms with van der Waals surface area (Å²) in [6, 6.07) is 0.297. The van der Waals surface area contributed by atoms with Crippen LogP contribution in [0.25, 0.3) is 0 Å². The zero-order valence-electron chi connectivity index (χ0n) is 7.96. The maximum Gasteiger partial charge on any atom is 0.220 e. The molecule has 0 aromatic carbocycles. The molecule has 1 fully saturated rings. The zero-order chi connectivity index (χ0) is 9.52. The molecule has 75 valence electrons. The molecule has 4 nitrogen and oxygen atoms in total. The van der Waals surface area contributed by atoms with E-state index < -0.39 is 0 Å². The fraction of sp³-hybridized carbons (Fsp3) is 0.889. The first-order valence-corrected chi connectivity index (χ1v) is 4.95. The molecule has 3 N–H and O–H groups in total. The third kappa shape index (κ3) is 4.24. The minimum Gasteiger partial charge on any atom is -0.352 e. The average molecular weight is 184 g/mol. The predicted molar refractivity (Wildman–Crippen MR) is 51.3 cm³/mol. The van der Waals surface area contributed by atoms with Crippen molar-refractivity contribution < 1.29 is 4.79 Å². The maximum atomic E-state index is 11.3. The summed E-state index contributed by atoms with van der Waals surface area (Å²) in [5.41, 5.74) is 5.33. The molecule has 0 spiro atoms. The third-order valence-corrected chi connectivity index (χ3v) is 2.21. The fourth-order valence-electron chi connectivity index (χ4n) is 1.43. The van der Waals surface area contributed by atoms with Crippen molar-refractivity contribution in [3.05, 3.63) is 0 Å². The lowest BCUT2D eigenvalue weighted by atomic mass is 10.2. The Balaban J connectivity index is 2.02. The van der Waals surface area contributed by atoms with Gasteiger partial charge in [0.05, 0.1) is 0 Å². The lowest BCUT2D eigenvalue weighted by Crippen LogP contribution is -2.35. The molecule has 0 saturated carbocycles. The van der Waals surface area contributed by atoms with Gasteiger partial charge in [0, 0.05) is 25.6 Å². The Kier molecular flexibility index (Phi) is 4.78. The van der Waals surface area contributed by atoms with E-state index in [9.17, 15) is 4.79 Å². The molecule has 0 aromatic heterocycles. The first kappa shape index (κ1) is 10.5. The number of unbranched alkanes of at least 4 members (excludes halogenated alkanes) is 1. The van der Waals surface area contributed by atoms with E-state index in [2.05, 4.69) is 10.6 Å². The van der Waals surface area contributed by atoms with Crippen LogP contribution in [0.4, 0.5) is 0 Å². The highest BCUT2D eigenvalue weighted by Crippen LogP contribution is 2.00. The Morgan fingerprint density at radius 1 is 1.54 bits per heavy atom. The van der Waals surface area contributed by atoms with Crippen molar-refractivity contribution in [2.75, 3.05) is 19.6 Å². The first-order valence-electron chi connectivity index (χ1n) is 4.95. The van der Waals surface area contributed by atoms with Crippen LogP contribution in [0.2, 0.25) is 0 Å². The van der Waals surface area contributed by atoms with Gasteiger partial charge >= 0.3 is 0 Å². The second-order valence-electron chi connectivity index (χ2n) is 3.43. The van der Waals surface area contributed by atoms with Gasteiger partial charge in [-0.3, -0.25) is 4.79 Å². The highest BCUT2D eigenvalue weighted by atomic mass is 16.1. The first-order chi connectivity index (χ1) is 6.33. The number of rotatable bonds is 5. The van der Waals surface area contributed by atoms with Gasteiger partial charge in [-0.25, -0.2) is 5.32 Å². The quantitative estimate of drug-likeness (QED) is 0.571. The van der Waals surface area contributed by atoms with E-state index in [1.807, 2.05) is 0 Å². The number of hydrogen-bond donors (Lipinski definition) is 2. The van der Waals surface area contributed by atoms with Gasteiger partial charge in [-0.2, -0.15) is 0 Å². The lowest BCUT2D eigenvalue weighted by molar-refractivity contribution is -0.121. The highest BCUT2D eigenvalue weighted by Gasteiger charge is 2.16. The molecule has 1 aliphatic rings. The summed E-state index contributed by atoms with van der Waals surface area (Å²) in [7, 11) is 0. The predicted octanol–water partition coefficient (Wildman–Crippen LogP) is -0.392. The molecule has 4 heteroatoms. The molecule has 1 amide bonds. The van der Waals surface area contributed by atoms with Gasteiger partial charge < -0.3 is 11.1 Å². The standard InChI is InChI=1S/C9H18N3O/c10-5-2-1-3-9(13)12-8-4-6-11-7-8/h8H,1-7,10H2,(H,12,13)/t8-/m0/s1. The number of amides is 1. The van der Waals surface area contributed by atoms with Crippen LogP contribution in [-0.2, 0) is 4.79 Å². The Labute approximate surface area is 79.3 Å². The minimum absolute atomic E-state index is 0.149. The van der Waals surface area contributed by atoms with Crippen molar-refractivity contribution in [2.24, 2.45) is 5.73 Å². The molecule has 0 unspecified atom stereocenters. The van der Waals surface area contributed by atoms with Gasteiger partial charge in [0.2, 0.25) is 5.91 Å². The molecule has 1 atom stereocenters. The largest absolute Gasteiger partial charge is 0.352 e. The summed E-state index contributed by atoms with van der Waals surface area (Å²) in [5.74, 6) is 0.149. The highest BCUT2D eigenvalue weighted by molar-refractivity contribution is 5.76. The molecule has 13 heavy (non-hydrogen) atoms. The Hall–Kier alpha value is -0.610.